The van der Waals surface area contributed by atoms with Gasteiger partial charge in [0.2, 0.25) is 0 Å². The van der Waals surface area contributed by atoms with E-state index in [1.807, 2.05) is 19.1 Å². The van der Waals surface area contributed by atoms with Crippen molar-refractivity contribution in [3.8, 4) is 5.75 Å². The zero-order chi connectivity index (χ0) is 16.3. The lowest BCUT2D eigenvalue weighted by molar-refractivity contribution is 0.401. The number of para-hydroxylation sites is 1. The number of methoxy groups -OCH3 is 1. The molecule has 0 aromatic heterocycles. The van der Waals surface area contributed by atoms with Crippen LogP contribution in [0.5, 0.6) is 5.75 Å². The van der Waals surface area contributed by atoms with Crippen molar-refractivity contribution in [2.75, 3.05) is 7.11 Å². The molecule has 0 bridgehead atoms. The summed E-state index contributed by atoms with van der Waals surface area (Å²) in [5.74, 6) is -0.269. The molecule has 2 aromatic rings. The summed E-state index contributed by atoms with van der Waals surface area (Å²) in [5.41, 5.74) is 3.04. The number of halogens is 2. The summed E-state index contributed by atoms with van der Waals surface area (Å²) in [7, 11) is 1.67. The van der Waals surface area contributed by atoms with Gasteiger partial charge < -0.3 is 4.74 Å². The topological polar surface area (TPSA) is 9.23 Å². The Morgan fingerprint density at radius 3 is 2.32 bits per heavy atom. The number of ether oxygens (including phenoxy) is 1. The lowest BCUT2D eigenvalue weighted by Crippen LogP contribution is -2.04. The highest BCUT2D eigenvalue weighted by Crippen LogP contribution is 2.33. The molecule has 0 amide bonds. The number of benzene rings is 2. The maximum absolute atomic E-state index is 13.4. The van der Waals surface area contributed by atoms with Gasteiger partial charge in [-0.2, -0.15) is 0 Å². The van der Waals surface area contributed by atoms with Gasteiger partial charge in [0.15, 0.2) is 11.6 Å². The highest BCUT2D eigenvalue weighted by molar-refractivity contribution is 5.44. The van der Waals surface area contributed by atoms with Gasteiger partial charge >= 0.3 is 0 Å². The first-order valence-corrected chi connectivity index (χ1v) is 7.54. The Labute approximate surface area is 130 Å². The first-order chi connectivity index (χ1) is 10.4. The van der Waals surface area contributed by atoms with Gasteiger partial charge in [0, 0.05) is 0 Å². The van der Waals surface area contributed by atoms with Crippen LogP contribution in [0.4, 0.5) is 8.78 Å². The van der Waals surface area contributed by atoms with Gasteiger partial charge in [-0.3, -0.25) is 0 Å². The highest BCUT2D eigenvalue weighted by atomic mass is 19.2. The Morgan fingerprint density at radius 1 is 1.00 bits per heavy atom. The second kappa shape index (κ2) is 6.91. The fourth-order valence-electron chi connectivity index (χ4n) is 2.74. The van der Waals surface area contributed by atoms with E-state index in [4.69, 9.17) is 4.74 Å². The van der Waals surface area contributed by atoms with Gasteiger partial charge in [0.25, 0.3) is 0 Å². The molecule has 0 aliphatic carbocycles. The van der Waals surface area contributed by atoms with E-state index >= 15 is 0 Å². The van der Waals surface area contributed by atoms with Gasteiger partial charge in [-0.25, -0.2) is 8.78 Å². The zero-order valence-corrected chi connectivity index (χ0v) is 13.5. The van der Waals surface area contributed by atoms with Crippen molar-refractivity contribution in [1.29, 1.82) is 0 Å². The van der Waals surface area contributed by atoms with E-state index in [1.165, 1.54) is 12.1 Å². The van der Waals surface area contributed by atoms with Crippen LogP contribution in [0.3, 0.4) is 0 Å². The molecule has 0 N–H and O–H groups in total. The van der Waals surface area contributed by atoms with E-state index in [0.717, 1.165) is 28.9 Å². The first-order valence-electron chi connectivity index (χ1n) is 7.54. The average molecular weight is 304 g/mol. The Bertz CT molecular complexity index is 650. The number of hydrogen-bond acceptors (Lipinski definition) is 1. The van der Waals surface area contributed by atoms with E-state index in [2.05, 4.69) is 19.9 Å². The van der Waals surface area contributed by atoms with Crippen molar-refractivity contribution in [3.63, 3.8) is 0 Å². The molecule has 0 saturated heterocycles. The Hall–Kier alpha value is -1.90. The summed E-state index contributed by atoms with van der Waals surface area (Å²) in [6.45, 7) is 6.26. The summed E-state index contributed by atoms with van der Waals surface area (Å²) in [5, 5.41) is 0. The van der Waals surface area contributed by atoms with E-state index < -0.39 is 11.6 Å². The van der Waals surface area contributed by atoms with Crippen LogP contribution in [-0.2, 0) is 6.42 Å². The molecular weight excluding hydrogens is 282 g/mol. The quantitative estimate of drug-likeness (QED) is 0.714. The van der Waals surface area contributed by atoms with Crippen LogP contribution in [0.2, 0.25) is 0 Å². The van der Waals surface area contributed by atoms with Crippen molar-refractivity contribution in [2.45, 2.75) is 39.0 Å². The van der Waals surface area contributed by atoms with Gasteiger partial charge in [-0.15, -0.1) is 0 Å². The molecule has 0 heterocycles. The van der Waals surface area contributed by atoms with Gasteiger partial charge in [0.05, 0.1) is 7.11 Å². The molecule has 0 radical (unpaired) electrons. The Morgan fingerprint density at radius 2 is 1.73 bits per heavy atom. The molecule has 0 fully saturated rings. The molecule has 0 saturated carbocycles. The average Bonchev–Trinajstić information content (AvgIpc) is 2.49. The molecule has 3 heteroatoms. The molecule has 22 heavy (non-hydrogen) atoms. The van der Waals surface area contributed by atoms with E-state index in [9.17, 15) is 8.78 Å². The van der Waals surface area contributed by atoms with Crippen LogP contribution in [0.1, 0.15) is 49.3 Å². The highest BCUT2D eigenvalue weighted by Gasteiger charge is 2.16. The van der Waals surface area contributed by atoms with Gasteiger partial charge in [0.1, 0.15) is 5.75 Å². The number of rotatable bonds is 5. The standard InChI is InChI=1S/C19H22F2O/c1-12(2)16-7-5-6-15(19(16)22-4)10-13(3)14-8-9-17(20)18(21)11-14/h5-9,11-13H,10H2,1-4H3. The second-order valence-corrected chi connectivity index (χ2v) is 5.97. The van der Waals surface area contributed by atoms with Crippen LogP contribution in [-0.4, -0.2) is 7.11 Å². The summed E-state index contributed by atoms with van der Waals surface area (Å²) >= 11 is 0. The van der Waals surface area contributed by atoms with Crippen LogP contribution in [0.25, 0.3) is 0 Å². The van der Waals surface area contributed by atoms with E-state index in [1.54, 1.807) is 13.2 Å². The third-order valence-corrected chi connectivity index (χ3v) is 3.99. The maximum atomic E-state index is 13.4. The third-order valence-electron chi connectivity index (χ3n) is 3.99. The summed E-state index contributed by atoms with van der Waals surface area (Å²) in [6.07, 6.45) is 0.717. The molecule has 2 aromatic carbocycles. The molecule has 1 unspecified atom stereocenters. The molecule has 0 spiro atoms. The number of hydrogen-bond donors (Lipinski definition) is 0. The summed E-state index contributed by atoms with van der Waals surface area (Å²) in [6, 6.07) is 10.2. The third kappa shape index (κ3) is 3.46. The van der Waals surface area contributed by atoms with Crippen LogP contribution in [0, 0.1) is 11.6 Å². The smallest absolute Gasteiger partial charge is 0.159 e. The van der Waals surface area contributed by atoms with Gasteiger partial charge in [-0.1, -0.05) is 45.0 Å². The van der Waals surface area contributed by atoms with Crippen molar-refractivity contribution in [2.24, 2.45) is 0 Å². The lowest BCUT2D eigenvalue weighted by Gasteiger charge is -2.19. The fourth-order valence-corrected chi connectivity index (χ4v) is 2.74. The minimum atomic E-state index is -0.810. The molecule has 2 rings (SSSR count). The molecule has 118 valence electrons. The SMILES string of the molecule is COc1c(CC(C)c2ccc(F)c(F)c2)cccc1C(C)C. The van der Waals surface area contributed by atoms with Crippen molar-refractivity contribution in [1.82, 2.24) is 0 Å². The van der Waals surface area contributed by atoms with E-state index in [-0.39, 0.29) is 5.92 Å². The van der Waals surface area contributed by atoms with Crippen molar-refractivity contribution < 1.29 is 13.5 Å². The first kappa shape index (κ1) is 16.5. The fraction of sp³-hybridized carbons (Fsp3) is 0.368. The van der Waals surface area contributed by atoms with Crippen LogP contribution in [0.15, 0.2) is 36.4 Å². The second-order valence-electron chi connectivity index (χ2n) is 5.97. The largest absolute Gasteiger partial charge is 0.496 e. The molecule has 1 atom stereocenters. The monoisotopic (exact) mass is 304 g/mol. The summed E-state index contributed by atoms with van der Waals surface area (Å²) < 4.78 is 32.0. The predicted molar refractivity (Wildman–Crippen MR) is 85.6 cm³/mol. The lowest BCUT2D eigenvalue weighted by atomic mass is 9.90. The maximum Gasteiger partial charge on any atom is 0.159 e. The van der Waals surface area contributed by atoms with Crippen LogP contribution >= 0.6 is 0 Å². The normalized spacial score (nSPS) is 12.5. The van der Waals surface area contributed by atoms with Gasteiger partial charge in [-0.05, 0) is 47.1 Å². The Kier molecular flexibility index (Phi) is 5.17. The van der Waals surface area contributed by atoms with Crippen molar-refractivity contribution >= 4 is 0 Å². The summed E-state index contributed by atoms with van der Waals surface area (Å²) in [4.78, 5) is 0. The molecule has 0 aliphatic heterocycles. The Balaban J connectivity index is 2.29. The molecule has 0 aliphatic rings. The minimum absolute atomic E-state index is 0.0754. The predicted octanol–water partition coefficient (Wildman–Crippen LogP) is 5.44. The van der Waals surface area contributed by atoms with Crippen molar-refractivity contribution in [3.05, 3.63) is 64.7 Å². The minimum Gasteiger partial charge on any atom is -0.496 e. The molecule has 1 nitrogen and oxygen atoms in total. The van der Waals surface area contributed by atoms with E-state index in [0.29, 0.717) is 5.92 Å². The van der Waals surface area contributed by atoms with Crippen LogP contribution < -0.4 is 4.74 Å². The molecular formula is C19H22F2O. The zero-order valence-electron chi connectivity index (χ0n) is 13.5.